The summed E-state index contributed by atoms with van der Waals surface area (Å²) in [7, 11) is -3.52. The molecule has 0 aliphatic rings. The van der Waals surface area contributed by atoms with Gasteiger partial charge in [0.2, 0.25) is 10.0 Å². The molecule has 0 saturated heterocycles. The van der Waals surface area contributed by atoms with Gasteiger partial charge in [-0.25, -0.2) is 13.1 Å². The predicted molar refractivity (Wildman–Crippen MR) is 93.9 cm³/mol. The lowest BCUT2D eigenvalue weighted by atomic mass is 10.1. The van der Waals surface area contributed by atoms with Gasteiger partial charge in [0.15, 0.2) is 5.78 Å². The largest absolute Gasteiger partial charge is 0.294 e. The lowest BCUT2D eigenvalue weighted by Gasteiger charge is -2.11. The molecule has 0 aliphatic heterocycles. The summed E-state index contributed by atoms with van der Waals surface area (Å²) < 4.78 is 27.6. The van der Waals surface area contributed by atoms with Gasteiger partial charge in [0, 0.05) is 11.4 Å². The minimum atomic E-state index is -3.52. The smallest absolute Gasteiger partial charge is 0.240 e. The number of sulfonamides is 1. The first kappa shape index (κ1) is 17.8. The van der Waals surface area contributed by atoms with Crippen molar-refractivity contribution in [3.63, 3.8) is 0 Å². The number of Topliss-reactive ketones (excluding diaryl/α,β-unsaturated/α-hetero) is 1. The van der Waals surface area contributed by atoms with Gasteiger partial charge >= 0.3 is 0 Å². The van der Waals surface area contributed by atoms with Crippen molar-refractivity contribution in [2.24, 2.45) is 0 Å². The van der Waals surface area contributed by atoms with Gasteiger partial charge in [-0.1, -0.05) is 6.07 Å². The second-order valence-corrected chi connectivity index (χ2v) is 8.58. The number of thiophene rings is 1. The average molecular weight is 351 g/mol. The number of aryl methyl sites for hydroxylation is 3. The van der Waals surface area contributed by atoms with Crippen molar-refractivity contribution >= 4 is 27.1 Å². The maximum atomic E-state index is 12.5. The molecule has 23 heavy (non-hydrogen) atoms. The summed E-state index contributed by atoms with van der Waals surface area (Å²) >= 11 is 1.41. The molecule has 1 heterocycles. The normalized spacial score (nSPS) is 11.7. The molecule has 0 spiro atoms. The Morgan fingerprint density at radius 3 is 2.35 bits per heavy atom. The molecule has 0 aliphatic carbocycles. The van der Waals surface area contributed by atoms with E-state index in [-0.39, 0.29) is 5.78 Å². The Bertz CT molecular complexity index is 836. The fourth-order valence-corrected chi connectivity index (χ4v) is 4.55. The minimum absolute atomic E-state index is 0.0348. The number of ketones is 1. The number of carbonyl (C=O) groups is 1. The summed E-state index contributed by atoms with van der Waals surface area (Å²) in [6.07, 6.45) is 0.571. The highest BCUT2D eigenvalue weighted by atomic mass is 32.2. The van der Waals surface area contributed by atoms with Crippen molar-refractivity contribution in [1.82, 2.24) is 4.72 Å². The average Bonchev–Trinajstić information content (AvgIpc) is 2.91. The second kappa shape index (κ2) is 6.95. The molecule has 0 atom stereocenters. The number of nitrogens with one attached hydrogen (secondary N) is 1. The van der Waals surface area contributed by atoms with E-state index >= 15 is 0 Å². The zero-order chi connectivity index (χ0) is 17.2. The van der Waals surface area contributed by atoms with Crippen LogP contribution in [0.3, 0.4) is 0 Å². The van der Waals surface area contributed by atoms with Gasteiger partial charge in [0.1, 0.15) is 0 Å². The van der Waals surface area contributed by atoms with E-state index in [1.54, 1.807) is 19.1 Å². The molecule has 0 bridgehead atoms. The molecule has 1 N–H and O–H groups in total. The second-order valence-electron chi connectivity index (χ2n) is 5.67. The van der Waals surface area contributed by atoms with Crippen molar-refractivity contribution in [2.75, 3.05) is 6.54 Å². The van der Waals surface area contributed by atoms with E-state index in [1.165, 1.54) is 18.3 Å². The quantitative estimate of drug-likeness (QED) is 0.811. The van der Waals surface area contributed by atoms with Gasteiger partial charge in [0.05, 0.1) is 9.77 Å². The minimum Gasteiger partial charge on any atom is -0.294 e. The van der Waals surface area contributed by atoms with Crippen molar-refractivity contribution in [2.45, 2.75) is 39.0 Å². The van der Waals surface area contributed by atoms with E-state index in [4.69, 9.17) is 0 Å². The molecule has 0 saturated carbocycles. The van der Waals surface area contributed by atoms with Gasteiger partial charge in [0.25, 0.3) is 0 Å². The van der Waals surface area contributed by atoms with Crippen LogP contribution in [0.5, 0.6) is 0 Å². The SMILES string of the molecule is CC(=O)c1ccc(CCNS(=O)(=O)c2cc(C)c(C)cc2C)s1. The van der Waals surface area contributed by atoms with E-state index in [0.717, 1.165) is 21.6 Å². The summed E-state index contributed by atoms with van der Waals surface area (Å²) in [6.45, 7) is 7.52. The summed E-state index contributed by atoms with van der Waals surface area (Å²) in [5.74, 6) is 0.0348. The molecule has 2 aromatic rings. The molecular formula is C17H21NO3S2. The van der Waals surface area contributed by atoms with Crippen LogP contribution in [-0.2, 0) is 16.4 Å². The topological polar surface area (TPSA) is 63.2 Å². The van der Waals surface area contributed by atoms with E-state index in [2.05, 4.69) is 4.72 Å². The van der Waals surface area contributed by atoms with Crippen LogP contribution in [0.25, 0.3) is 0 Å². The van der Waals surface area contributed by atoms with Crippen LogP contribution in [0.15, 0.2) is 29.2 Å². The molecule has 4 nitrogen and oxygen atoms in total. The van der Waals surface area contributed by atoms with Crippen LogP contribution in [0.1, 0.15) is 38.2 Å². The van der Waals surface area contributed by atoms with Crippen LogP contribution in [-0.4, -0.2) is 20.7 Å². The Kier molecular flexibility index (Phi) is 5.39. The van der Waals surface area contributed by atoms with Gasteiger partial charge in [-0.05, 0) is 69.0 Å². The maximum absolute atomic E-state index is 12.5. The molecule has 0 radical (unpaired) electrons. The molecule has 6 heteroatoms. The van der Waals surface area contributed by atoms with Crippen LogP contribution in [0.4, 0.5) is 0 Å². The van der Waals surface area contributed by atoms with Crippen molar-refractivity contribution in [1.29, 1.82) is 0 Å². The molecule has 0 unspecified atom stereocenters. The zero-order valence-corrected chi connectivity index (χ0v) is 15.4. The predicted octanol–water partition coefficient (Wildman–Crippen LogP) is 3.40. The Hall–Kier alpha value is -1.50. The highest BCUT2D eigenvalue weighted by Gasteiger charge is 2.17. The number of hydrogen-bond donors (Lipinski definition) is 1. The zero-order valence-electron chi connectivity index (χ0n) is 13.8. The van der Waals surface area contributed by atoms with Gasteiger partial charge in [-0.3, -0.25) is 4.79 Å². The third kappa shape index (κ3) is 4.28. The van der Waals surface area contributed by atoms with E-state index in [0.29, 0.717) is 22.7 Å². The van der Waals surface area contributed by atoms with Crippen LogP contribution in [0.2, 0.25) is 0 Å². The molecule has 1 aromatic carbocycles. The summed E-state index contributed by atoms with van der Waals surface area (Å²) in [4.78, 5) is 13.3. The molecule has 1 aromatic heterocycles. The van der Waals surface area contributed by atoms with Gasteiger partial charge in [-0.15, -0.1) is 11.3 Å². The van der Waals surface area contributed by atoms with Crippen molar-refractivity contribution in [3.05, 3.63) is 50.7 Å². The van der Waals surface area contributed by atoms with Gasteiger partial charge < -0.3 is 0 Å². The maximum Gasteiger partial charge on any atom is 0.240 e. The fourth-order valence-electron chi connectivity index (χ4n) is 2.31. The lowest BCUT2D eigenvalue weighted by Crippen LogP contribution is -2.26. The Morgan fingerprint density at radius 1 is 1.09 bits per heavy atom. The standard InChI is InChI=1S/C17H21NO3S2/c1-11-9-13(3)17(10-12(11)2)23(20,21)18-8-7-15-5-6-16(22-15)14(4)19/h5-6,9-10,18H,7-8H2,1-4H3. The highest BCUT2D eigenvalue weighted by Crippen LogP contribution is 2.20. The number of carbonyl (C=O) groups excluding carboxylic acids is 1. The Morgan fingerprint density at radius 2 is 1.74 bits per heavy atom. The van der Waals surface area contributed by atoms with Gasteiger partial charge in [-0.2, -0.15) is 0 Å². The monoisotopic (exact) mass is 351 g/mol. The van der Waals surface area contributed by atoms with Crippen molar-refractivity contribution in [3.8, 4) is 0 Å². The molecular weight excluding hydrogens is 330 g/mol. The molecule has 0 fully saturated rings. The lowest BCUT2D eigenvalue weighted by molar-refractivity contribution is 0.102. The first-order valence-electron chi connectivity index (χ1n) is 7.38. The molecule has 0 amide bonds. The number of rotatable bonds is 6. The van der Waals surface area contributed by atoms with E-state index in [1.807, 2.05) is 26.0 Å². The number of benzene rings is 1. The van der Waals surface area contributed by atoms with Crippen molar-refractivity contribution < 1.29 is 13.2 Å². The first-order valence-corrected chi connectivity index (χ1v) is 9.68. The van der Waals surface area contributed by atoms with Crippen LogP contribution >= 0.6 is 11.3 Å². The van der Waals surface area contributed by atoms with Crippen LogP contribution in [0, 0.1) is 20.8 Å². The van der Waals surface area contributed by atoms with Crippen LogP contribution < -0.4 is 4.72 Å². The molecule has 2 rings (SSSR count). The van der Waals surface area contributed by atoms with E-state index in [9.17, 15) is 13.2 Å². The summed E-state index contributed by atoms with van der Waals surface area (Å²) in [5, 5.41) is 0. The third-order valence-electron chi connectivity index (χ3n) is 3.75. The first-order chi connectivity index (χ1) is 10.7. The van der Waals surface area contributed by atoms with E-state index < -0.39 is 10.0 Å². The Balaban J connectivity index is 2.07. The fraction of sp³-hybridized carbons (Fsp3) is 0.353. The summed E-state index contributed by atoms with van der Waals surface area (Å²) in [5.41, 5.74) is 2.78. The Labute approximate surface area is 141 Å². The molecule has 124 valence electrons. The summed E-state index contributed by atoms with van der Waals surface area (Å²) in [6, 6.07) is 7.26. The number of hydrogen-bond acceptors (Lipinski definition) is 4. The highest BCUT2D eigenvalue weighted by molar-refractivity contribution is 7.89. The third-order valence-corrected chi connectivity index (χ3v) is 6.60.